The molecule has 0 aliphatic carbocycles. The van der Waals surface area contributed by atoms with Crippen LogP contribution in [-0.4, -0.2) is 16.0 Å². The molecule has 0 aliphatic heterocycles. The Morgan fingerprint density at radius 2 is 2.33 bits per heavy atom. The van der Waals surface area contributed by atoms with Crippen LogP contribution in [-0.2, 0) is 0 Å². The maximum atomic E-state index is 10.4. The summed E-state index contributed by atoms with van der Waals surface area (Å²) in [7, 11) is 0. The van der Waals surface area contributed by atoms with Crippen molar-refractivity contribution < 1.29 is 14.8 Å². The Balaban J connectivity index is 3.31. The summed E-state index contributed by atoms with van der Waals surface area (Å²) in [6, 6.07) is 0. The lowest BCUT2D eigenvalue weighted by Gasteiger charge is -1.89. The van der Waals surface area contributed by atoms with Gasteiger partial charge in [-0.2, -0.15) is 0 Å². The van der Waals surface area contributed by atoms with Gasteiger partial charge in [0.05, 0.1) is 10.3 Å². The standard InChI is InChI=1S/C5H2ClNO4S/c6-4-3(5(8)9)2(1-12-4)7(10)11/h1H,(H,8,9). The predicted octanol–water partition coefficient (Wildman–Crippen LogP) is 2.01. The van der Waals surface area contributed by atoms with Gasteiger partial charge < -0.3 is 5.11 Å². The molecule has 0 saturated carbocycles. The Hall–Kier alpha value is -1.14. The highest BCUT2D eigenvalue weighted by Crippen LogP contribution is 2.32. The first-order valence-corrected chi connectivity index (χ1v) is 3.94. The summed E-state index contributed by atoms with van der Waals surface area (Å²) in [5.41, 5.74) is -0.899. The number of nitrogens with zero attached hydrogens (tertiary/aromatic N) is 1. The van der Waals surface area contributed by atoms with Gasteiger partial charge in [0.1, 0.15) is 4.34 Å². The Morgan fingerprint density at radius 3 is 2.67 bits per heavy atom. The number of thiophene rings is 1. The van der Waals surface area contributed by atoms with Crippen molar-refractivity contribution in [2.45, 2.75) is 0 Å². The fraction of sp³-hybridized carbons (Fsp3) is 0. The molecule has 0 unspecified atom stereocenters. The van der Waals surface area contributed by atoms with E-state index >= 15 is 0 Å². The molecule has 0 fully saturated rings. The summed E-state index contributed by atoms with van der Waals surface area (Å²) in [4.78, 5) is 19.9. The predicted molar refractivity (Wildman–Crippen MR) is 42.9 cm³/mol. The van der Waals surface area contributed by atoms with E-state index in [2.05, 4.69) is 0 Å². The minimum Gasteiger partial charge on any atom is -0.477 e. The first kappa shape index (κ1) is 8.95. The van der Waals surface area contributed by atoms with Gasteiger partial charge in [0.2, 0.25) is 0 Å². The third-order valence-corrected chi connectivity index (χ3v) is 2.35. The number of hydrogen-bond acceptors (Lipinski definition) is 4. The lowest BCUT2D eigenvalue weighted by Crippen LogP contribution is -1.99. The molecular formula is C5H2ClNO4S. The van der Waals surface area contributed by atoms with Crippen LogP contribution in [0.5, 0.6) is 0 Å². The highest BCUT2D eigenvalue weighted by atomic mass is 35.5. The van der Waals surface area contributed by atoms with Gasteiger partial charge >= 0.3 is 5.97 Å². The van der Waals surface area contributed by atoms with Crippen LogP contribution in [0.3, 0.4) is 0 Å². The fourth-order valence-electron chi connectivity index (χ4n) is 0.654. The zero-order valence-corrected chi connectivity index (χ0v) is 7.06. The van der Waals surface area contributed by atoms with Crippen molar-refractivity contribution in [3.05, 3.63) is 25.4 Å². The third kappa shape index (κ3) is 1.39. The summed E-state index contributed by atoms with van der Waals surface area (Å²) in [6.07, 6.45) is 0. The van der Waals surface area contributed by atoms with Crippen LogP contribution in [0.2, 0.25) is 4.34 Å². The quantitative estimate of drug-likeness (QED) is 0.594. The maximum absolute atomic E-state index is 10.4. The molecule has 5 nitrogen and oxygen atoms in total. The molecule has 0 spiro atoms. The number of carboxylic acids is 1. The molecule has 1 N–H and O–H groups in total. The van der Waals surface area contributed by atoms with Crippen molar-refractivity contribution in [2.75, 3.05) is 0 Å². The average Bonchev–Trinajstić information content (AvgIpc) is 2.30. The van der Waals surface area contributed by atoms with Crippen molar-refractivity contribution in [1.29, 1.82) is 0 Å². The number of nitro groups is 1. The van der Waals surface area contributed by atoms with E-state index in [9.17, 15) is 14.9 Å². The Labute approximate surface area is 75.3 Å². The van der Waals surface area contributed by atoms with Crippen LogP contribution in [0.25, 0.3) is 0 Å². The van der Waals surface area contributed by atoms with Gasteiger partial charge in [0.25, 0.3) is 5.69 Å². The summed E-state index contributed by atoms with van der Waals surface area (Å²) < 4.78 is -0.0748. The van der Waals surface area contributed by atoms with E-state index in [0.717, 1.165) is 16.7 Å². The third-order valence-electron chi connectivity index (χ3n) is 1.14. The van der Waals surface area contributed by atoms with E-state index in [1.54, 1.807) is 0 Å². The Bertz CT molecular complexity index is 347. The Morgan fingerprint density at radius 1 is 1.75 bits per heavy atom. The van der Waals surface area contributed by atoms with Crippen molar-refractivity contribution in [1.82, 2.24) is 0 Å². The zero-order chi connectivity index (χ0) is 9.30. The molecule has 64 valence electrons. The van der Waals surface area contributed by atoms with Gasteiger partial charge in [0.15, 0.2) is 5.56 Å². The normalized spacial score (nSPS) is 9.75. The van der Waals surface area contributed by atoms with Crippen molar-refractivity contribution in [2.24, 2.45) is 0 Å². The van der Waals surface area contributed by atoms with E-state index in [4.69, 9.17) is 16.7 Å². The van der Waals surface area contributed by atoms with Gasteiger partial charge in [-0.25, -0.2) is 4.79 Å². The van der Waals surface area contributed by atoms with Crippen LogP contribution >= 0.6 is 22.9 Å². The summed E-state index contributed by atoms with van der Waals surface area (Å²) in [5.74, 6) is -1.38. The van der Waals surface area contributed by atoms with E-state index < -0.39 is 22.1 Å². The van der Waals surface area contributed by atoms with Crippen molar-refractivity contribution in [3.8, 4) is 0 Å². The fourth-order valence-corrected chi connectivity index (χ4v) is 1.69. The molecule has 12 heavy (non-hydrogen) atoms. The lowest BCUT2D eigenvalue weighted by atomic mass is 10.3. The molecule has 1 rings (SSSR count). The summed E-state index contributed by atoms with van der Waals surface area (Å²) >= 11 is 6.25. The zero-order valence-electron chi connectivity index (χ0n) is 5.48. The van der Waals surface area contributed by atoms with Gasteiger partial charge in [0, 0.05) is 0 Å². The topological polar surface area (TPSA) is 80.4 Å². The van der Waals surface area contributed by atoms with Crippen molar-refractivity contribution in [3.63, 3.8) is 0 Å². The Kier molecular flexibility index (Phi) is 2.30. The monoisotopic (exact) mass is 207 g/mol. The molecule has 0 saturated heterocycles. The molecule has 0 aromatic carbocycles. The van der Waals surface area contributed by atoms with Crippen LogP contribution in [0, 0.1) is 10.1 Å². The average molecular weight is 208 g/mol. The second-order valence-electron chi connectivity index (χ2n) is 1.83. The lowest BCUT2D eigenvalue weighted by molar-refractivity contribution is -0.384. The SMILES string of the molecule is O=C(O)c1c([N+](=O)[O-])csc1Cl. The smallest absolute Gasteiger partial charge is 0.345 e. The van der Waals surface area contributed by atoms with Crippen LogP contribution in [0.1, 0.15) is 10.4 Å². The van der Waals surface area contributed by atoms with Crippen molar-refractivity contribution >= 4 is 34.6 Å². The maximum Gasteiger partial charge on any atom is 0.345 e. The van der Waals surface area contributed by atoms with Gasteiger partial charge in [-0.1, -0.05) is 11.6 Å². The van der Waals surface area contributed by atoms with Gasteiger partial charge in [-0.15, -0.1) is 11.3 Å². The summed E-state index contributed by atoms with van der Waals surface area (Å²) in [6.45, 7) is 0. The molecular weight excluding hydrogens is 206 g/mol. The van der Waals surface area contributed by atoms with E-state index in [1.165, 1.54) is 0 Å². The molecule has 1 aromatic rings. The van der Waals surface area contributed by atoms with Crippen LogP contribution < -0.4 is 0 Å². The number of carboxylic acid groups (broad SMARTS) is 1. The number of halogens is 1. The minimum absolute atomic E-state index is 0.0748. The second-order valence-corrected chi connectivity index (χ2v) is 3.31. The number of rotatable bonds is 2. The number of hydrogen-bond donors (Lipinski definition) is 1. The van der Waals surface area contributed by atoms with E-state index in [0.29, 0.717) is 0 Å². The first-order valence-electron chi connectivity index (χ1n) is 2.68. The molecule has 0 radical (unpaired) electrons. The number of carbonyl (C=O) groups is 1. The first-order chi connectivity index (χ1) is 5.54. The largest absolute Gasteiger partial charge is 0.477 e. The van der Waals surface area contributed by atoms with E-state index in [-0.39, 0.29) is 4.34 Å². The molecule has 0 bridgehead atoms. The molecule has 1 aromatic heterocycles. The van der Waals surface area contributed by atoms with Gasteiger partial charge in [-0.3, -0.25) is 10.1 Å². The summed E-state index contributed by atoms with van der Waals surface area (Å²) in [5, 5.41) is 19.8. The molecule has 1 heterocycles. The van der Waals surface area contributed by atoms with Crippen LogP contribution in [0.4, 0.5) is 5.69 Å². The highest BCUT2D eigenvalue weighted by Gasteiger charge is 2.25. The number of aromatic carboxylic acids is 1. The van der Waals surface area contributed by atoms with E-state index in [1.807, 2.05) is 0 Å². The molecule has 0 atom stereocenters. The molecule has 0 amide bonds. The van der Waals surface area contributed by atoms with Gasteiger partial charge in [-0.05, 0) is 0 Å². The second kappa shape index (κ2) is 3.08. The molecule has 7 heteroatoms. The van der Waals surface area contributed by atoms with Crippen LogP contribution in [0.15, 0.2) is 5.38 Å². The molecule has 0 aliphatic rings. The highest BCUT2D eigenvalue weighted by molar-refractivity contribution is 7.15. The minimum atomic E-state index is -1.38.